The molecule has 110 valence electrons. The van der Waals surface area contributed by atoms with E-state index in [1.807, 2.05) is 68.4 Å². The van der Waals surface area contributed by atoms with E-state index < -0.39 is 0 Å². The summed E-state index contributed by atoms with van der Waals surface area (Å²) >= 11 is 0. The second-order valence-corrected chi connectivity index (χ2v) is 5.42. The molecule has 2 aromatic carbocycles. The van der Waals surface area contributed by atoms with Crippen molar-refractivity contribution in [2.24, 2.45) is 5.92 Å². The third kappa shape index (κ3) is 3.70. The molecule has 0 radical (unpaired) electrons. The summed E-state index contributed by atoms with van der Waals surface area (Å²) in [5, 5.41) is 12.3. The summed E-state index contributed by atoms with van der Waals surface area (Å²) in [5.74, 6) is 0.0324. The SMILES string of the molecule is CC(C)C(CO)NC(=O)c1ccccc1-c1ccccc1. The van der Waals surface area contributed by atoms with Crippen molar-refractivity contribution in [1.82, 2.24) is 5.32 Å². The van der Waals surface area contributed by atoms with Gasteiger partial charge in [0.25, 0.3) is 5.91 Å². The van der Waals surface area contributed by atoms with Gasteiger partial charge in [-0.3, -0.25) is 4.79 Å². The van der Waals surface area contributed by atoms with Crippen molar-refractivity contribution in [3.8, 4) is 11.1 Å². The summed E-state index contributed by atoms with van der Waals surface area (Å²) in [6.45, 7) is 3.89. The maximum absolute atomic E-state index is 12.5. The number of aliphatic hydroxyl groups is 1. The van der Waals surface area contributed by atoms with Gasteiger partial charge in [0.15, 0.2) is 0 Å². The highest BCUT2D eigenvalue weighted by Crippen LogP contribution is 2.23. The summed E-state index contributed by atoms with van der Waals surface area (Å²) in [5.41, 5.74) is 2.53. The zero-order valence-corrected chi connectivity index (χ0v) is 12.4. The van der Waals surface area contributed by atoms with Crippen LogP contribution in [-0.4, -0.2) is 23.7 Å². The molecule has 0 fully saturated rings. The molecular weight excluding hydrogens is 262 g/mol. The van der Waals surface area contributed by atoms with Crippen LogP contribution in [0.3, 0.4) is 0 Å². The van der Waals surface area contributed by atoms with Gasteiger partial charge in [0.05, 0.1) is 12.6 Å². The number of carbonyl (C=O) groups is 1. The third-order valence-electron chi connectivity index (χ3n) is 3.57. The minimum Gasteiger partial charge on any atom is -0.394 e. The number of nitrogens with one attached hydrogen (secondary N) is 1. The first-order valence-electron chi connectivity index (χ1n) is 7.19. The zero-order chi connectivity index (χ0) is 15.2. The van der Waals surface area contributed by atoms with Gasteiger partial charge in [0.2, 0.25) is 0 Å². The van der Waals surface area contributed by atoms with Crippen molar-refractivity contribution in [2.75, 3.05) is 6.61 Å². The van der Waals surface area contributed by atoms with Crippen LogP contribution < -0.4 is 5.32 Å². The average molecular weight is 283 g/mol. The summed E-state index contributed by atoms with van der Waals surface area (Å²) < 4.78 is 0. The Labute approximate surface area is 125 Å². The van der Waals surface area contributed by atoms with Crippen molar-refractivity contribution in [2.45, 2.75) is 19.9 Å². The molecule has 21 heavy (non-hydrogen) atoms. The second-order valence-electron chi connectivity index (χ2n) is 5.42. The molecule has 3 nitrogen and oxygen atoms in total. The Morgan fingerprint density at radius 2 is 1.67 bits per heavy atom. The molecule has 0 aromatic heterocycles. The molecule has 0 saturated heterocycles. The Bertz CT molecular complexity index is 593. The van der Waals surface area contributed by atoms with E-state index in [9.17, 15) is 9.90 Å². The molecule has 2 N–H and O–H groups in total. The molecule has 1 unspecified atom stereocenters. The van der Waals surface area contributed by atoms with Gasteiger partial charge < -0.3 is 10.4 Å². The fourth-order valence-corrected chi connectivity index (χ4v) is 2.22. The number of rotatable bonds is 5. The smallest absolute Gasteiger partial charge is 0.252 e. The van der Waals surface area contributed by atoms with E-state index in [0.717, 1.165) is 11.1 Å². The molecule has 0 spiro atoms. The predicted octanol–water partition coefficient (Wildman–Crippen LogP) is 3.10. The monoisotopic (exact) mass is 283 g/mol. The Kier molecular flexibility index (Phi) is 5.12. The van der Waals surface area contributed by atoms with Gasteiger partial charge in [-0.05, 0) is 23.1 Å². The average Bonchev–Trinajstić information content (AvgIpc) is 2.53. The van der Waals surface area contributed by atoms with Crippen molar-refractivity contribution >= 4 is 5.91 Å². The van der Waals surface area contributed by atoms with Crippen LogP contribution in [0.1, 0.15) is 24.2 Å². The van der Waals surface area contributed by atoms with Gasteiger partial charge in [0, 0.05) is 5.56 Å². The first kappa shape index (κ1) is 15.3. The lowest BCUT2D eigenvalue weighted by Gasteiger charge is -2.20. The van der Waals surface area contributed by atoms with Crippen molar-refractivity contribution in [3.63, 3.8) is 0 Å². The summed E-state index contributed by atoms with van der Waals surface area (Å²) in [4.78, 5) is 12.5. The highest BCUT2D eigenvalue weighted by Gasteiger charge is 2.18. The molecule has 0 aliphatic rings. The Hall–Kier alpha value is -2.13. The zero-order valence-electron chi connectivity index (χ0n) is 12.4. The van der Waals surface area contributed by atoms with E-state index in [2.05, 4.69) is 5.32 Å². The molecule has 0 aliphatic heterocycles. The van der Waals surface area contributed by atoms with Crippen LogP contribution in [0.2, 0.25) is 0 Å². The van der Waals surface area contributed by atoms with Crippen LogP contribution in [0.5, 0.6) is 0 Å². The van der Waals surface area contributed by atoms with Gasteiger partial charge in [-0.2, -0.15) is 0 Å². The van der Waals surface area contributed by atoms with E-state index in [0.29, 0.717) is 5.56 Å². The normalized spacial score (nSPS) is 12.2. The lowest BCUT2D eigenvalue weighted by atomic mass is 9.98. The highest BCUT2D eigenvalue weighted by atomic mass is 16.3. The van der Waals surface area contributed by atoms with Crippen LogP contribution in [-0.2, 0) is 0 Å². The molecule has 3 heteroatoms. The van der Waals surface area contributed by atoms with Crippen LogP contribution in [0.25, 0.3) is 11.1 Å². The topological polar surface area (TPSA) is 49.3 Å². The second kappa shape index (κ2) is 7.04. The maximum Gasteiger partial charge on any atom is 0.252 e. The lowest BCUT2D eigenvalue weighted by Crippen LogP contribution is -2.41. The van der Waals surface area contributed by atoms with E-state index in [1.165, 1.54) is 0 Å². The minimum absolute atomic E-state index is 0.0586. The first-order chi connectivity index (χ1) is 10.1. The molecule has 2 rings (SSSR count). The van der Waals surface area contributed by atoms with Crippen molar-refractivity contribution in [3.05, 3.63) is 60.2 Å². The number of hydrogen-bond acceptors (Lipinski definition) is 2. The van der Waals surface area contributed by atoms with Crippen LogP contribution in [0, 0.1) is 5.92 Å². The minimum atomic E-state index is -0.235. The lowest BCUT2D eigenvalue weighted by molar-refractivity contribution is 0.0897. The summed E-state index contributed by atoms with van der Waals surface area (Å²) in [6.07, 6.45) is 0. The number of hydrogen-bond donors (Lipinski definition) is 2. The molecular formula is C18H21NO2. The quantitative estimate of drug-likeness (QED) is 0.886. The predicted molar refractivity (Wildman–Crippen MR) is 85.1 cm³/mol. The summed E-state index contributed by atoms with van der Waals surface area (Å²) in [6, 6.07) is 17.1. The largest absolute Gasteiger partial charge is 0.394 e. The highest BCUT2D eigenvalue weighted by molar-refractivity contribution is 6.01. The van der Waals surface area contributed by atoms with Crippen LogP contribution in [0.4, 0.5) is 0 Å². The van der Waals surface area contributed by atoms with E-state index >= 15 is 0 Å². The molecule has 1 amide bonds. The van der Waals surface area contributed by atoms with Gasteiger partial charge in [0.1, 0.15) is 0 Å². The van der Waals surface area contributed by atoms with E-state index in [4.69, 9.17) is 0 Å². The van der Waals surface area contributed by atoms with Gasteiger partial charge in [-0.15, -0.1) is 0 Å². The number of benzene rings is 2. The Morgan fingerprint density at radius 3 is 2.29 bits per heavy atom. The van der Waals surface area contributed by atoms with Crippen LogP contribution >= 0.6 is 0 Å². The number of carbonyl (C=O) groups excluding carboxylic acids is 1. The Morgan fingerprint density at radius 1 is 1.05 bits per heavy atom. The number of aliphatic hydroxyl groups excluding tert-OH is 1. The number of amides is 1. The van der Waals surface area contributed by atoms with Crippen molar-refractivity contribution in [1.29, 1.82) is 0 Å². The van der Waals surface area contributed by atoms with Gasteiger partial charge in [-0.1, -0.05) is 62.4 Å². The molecule has 0 heterocycles. The standard InChI is InChI=1S/C18H21NO2/c1-13(2)17(12-20)19-18(21)16-11-7-6-10-15(16)14-8-4-3-5-9-14/h3-11,13,17,20H,12H2,1-2H3,(H,19,21). The molecule has 2 aromatic rings. The molecule has 0 saturated carbocycles. The fraction of sp³-hybridized carbons (Fsp3) is 0.278. The molecule has 0 bridgehead atoms. The molecule has 0 aliphatic carbocycles. The van der Waals surface area contributed by atoms with Gasteiger partial charge in [-0.25, -0.2) is 0 Å². The van der Waals surface area contributed by atoms with Crippen molar-refractivity contribution < 1.29 is 9.90 Å². The Balaban J connectivity index is 2.30. The van der Waals surface area contributed by atoms with Gasteiger partial charge >= 0.3 is 0 Å². The van der Waals surface area contributed by atoms with E-state index in [1.54, 1.807) is 0 Å². The fourth-order valence-electron chi connectivity index (χ4n) is 2.22. The first-order valence-corrected chi connectivity index (χ1v) is 7.19. The van der Waals surface area contributed by atoms with E-state index in [-0.39, 0.29) is 24.5 Å². The van der Waals surface area contributed by atoms with Crippen LogP contribution in [0.15, 0.2) is 54.6 Å². The summed E-state index contributed by atoms with van der Waals surface area (Å²) in [7, 11) is 0. The maximum atomic E-state index is 12.5. The molecule has 1 atom stereocenters. The third-order valence-corrected chi connectivity index (χ3v) is 3.57.